The van der Waals surface area contributed by atoms with Crippen LogP contribution < -0.4 is 4.74 Å². The molecule has 2 amide bonds. The molecule has 1 aliphatic heterocycles. The van der Waals surface area contributed by atoms with Gasteiger partial charge in [0, 0.05) is 60.7 Å². The van der Waals surface area contributed by atoms with Crippen molar-refractivity contribution >= 4 is 63.1 Å². The maximum atomic E-state index is 11.9. The van der Waals surface area contributed by atoms with E-state index in [1.807, 2.05) is 0 Å². The van der Waals surface area contributed by atoms with Crippen LogP contribution in [0.4, 0.5) is 5.69 Å². The van der Waals surface area contributed by atoms with Crippen molar-refractivity contribution in [3.8, 4) is 5.75 Å². The summed E-state index contributed by atoms with van der Waals surface area (Å²) >= 11 is 0. The number of benzene rings is 1. The van der Waals surface area contributed by atoms with E-state index in [2.05, 4.69) is 0 Å². The van der Waals surface area contributed by atoms with Gasteiger partial charge in [-0.3, -0.25) is 34.0 Å². The number of imide groups is 1. The standard InChI is InChI=1S/C16H16N2O9S.Na/c19-14-7-8-15(20)17(14)9-3-1-2-4-16(21)27-13-6-5-11(28(24,25)26)10-12(13)18(22)23;/h5-8,10H,1-4,9H2,(H,24,25,26);. The second kappa shape index (κ2) is 10.6. The van der Waals surface area contributed by atoms with Crippen molar-refractivity contribution in [3.05, 3.63) is 40.5 Å². The maximum absolute atomic E-state index is 11.9. The largest absolute Gasteiger partial charge is 0.419 e. The Balaban J connectivity index is 0.00000420. The molecule has 0 saturated carbocycles. The summed E-state index contributed by atoms with van der Waals surface area (Å²) in [6.07, 6.45) is 3.64. The fourth-order valence-electron chi connectivity index (χ4n) is 2.43. The minimum absolute atomic E-state index is 0. The third-order valence-electron chi connectivity index (χ3n) is 3.81. The van der Waals surface area contributed by atoms with Crippen molar-refractivity contribution < 1.29 is 37.0 Å². The maximum Gasteiger partial charge on any atom is 0.313 e. The third-order valence-corrected chi connectivity index (χ3v) is 4.66. The molecular weight excluding hydrogens is 419 g/mol. The zero-order chi connectivity index (χ0) is 20.9. The molecule has 0 saturated heterocycles. The van der Waals surface area contributed by atoms with Crippen LogP contribution in [0.1, 0.15) is 25.7 Å². The molecular formula is C16H16N2NaO9S. The number of unbranched alkanes of at least 4 members (excludes halogenated alkanes) is 2. The summed E-state index contributed by atoms with van der Waals surface area (Å²) in [5, 5.41) is 11.0. The normalized spacial score (nSPS) is 13.3. The van der Waals surface area contributed by atoms with Crippen molar-refractivity contribution in [1.29, 1.82) is 0 Å². The SMILES string of the molecule is O=C(CCCCCN1C(=O)C=CC1=O)Oc1ccc(S(=O)(=O)O)cc1[N+](=O)[O-].[Na]. The van der Waals surface area contributed by atoms with Gasteiger partial charge in [0.1, 0.15) is 4.90 Å². The molecule has 11 nitrogen and oxygen atoms in total. The average Bonchev–Trinajstić information content (AvgIpc) is 2.92. The Labute approximate surface area is 187 Å². The Morgan fingerprint density at radius 2 is 1.76 bits per heavy atom. The number of carbonyl (C=O) groups excluding carboxylic acids is 3. The molecule has 0 spiro atoms. The zero-order valence-electron chi connectivity index (χ0n) is 15.4. The summed E-state index contributed by atoms with van der Waals surface area (Å²) in [5.41, 5.74) is -0.776. The van der Waals surface area contributed by atoms with Crippen LogP contribution in [0.2, 0.25) is 0 Å². The minimum Gasteiger partial charge on any atom is -0.419 e. The van der Waals surface area contributed by atoms with Gasteiger partial charge >= 0.3 is 11.7 Å². The van der Waals surface area contributed by atoms with Crippen molar-refractivity contribution in [2.24, 2.45) is 0 Å². The van der Waals surface area contributed by atoms with Crippen LogP contribution in [0.3, 0.4) is 0 Å². The molecule has 13 heteroatoms. The van der Waals surface area contributed by atoms with Crippen molar-refractivity contribution in [3.63, 3.8) is 0 Å². The van der Waals surface area contributed by atoms with E-state index in [4.69, 9.17) is 9.29 Å². The Morgan fingerprint density at radius 3 is 2.31 bits per heavy atom. The predicted molar refractivity (Wildman–Crippen MR) is 98.6 cm³/mol. The van der Waals surface area contributed by atoms with Gasteiger partial charge in [0.05, 0.1) is 4.92 Å². The molecule has 1 radical (unpaired) electrons. The van der Waals surface area contributed by atoms with E-state index < -0.39 is 37.3 Å². The Morgan fingerprint density at radius 1 is 1.14 bits per heavy atom. The van der Waals surface area contributed by atoms with Crippen LogP contribution in [0, 0.1) is 10.1 Å². The molecule has 0 bridgehead atoms. The number of nitro benzene ring substituents is 1. The van der Waals surface area contributed by atoms with Gasteiger partial charge in [-0.2, -0.15) is 8.42 Å². The van der Waals surface area contributed by atoms with Crippen LogP contribution in [-0.2, 0) is 24.5 Å². The molecule has 0 atom stereocenters. The van der Waals surface area contributed by atoms with Gasteiger partial charge in [-0.25, -0.2) is 0 Å². The molecule has 1 heterocycles. The van der Waals surface area contributed by atoms with Gasteiger partial charge in [-0.15, -0.1) is 0 Å². The number of carbonyl (C=O) groups is 3. The molecule has 2 rings (SSSR count). The summed E-state index contributed by atoms with van der Waals surface area (Å²) in [5.74, 6) is -1.98. The number of amides is 2. The fourth-order valence-corrected chi connectivity index (χ4v) is 2.93. The van der Waals surface area contributed by atoms with E-state index in [0.717, 1.165) is 17.0 Å². The van der Waals surface area contributed by atoms with Crippen molar-refractivity contribution in [2.45, 2.75) is 30.6 Å². The van der Waals surface area contributed by atoms with Crippen LogP contribution in [0.15, 0.2) is 35.2 Å². The Bertz CT molecular complexity index is 941. The smallest absolute Gasteiger partial charge is 0.313 e. The molecule has 1 aromatic carbocycles. The van der Waals surface area contributed by atoms with Gasteiger partial charge in [0.2, 0.25) is 5.75 Å². The van der Waals surface area contributed by atoms with E-state index in [1.165, 1.54) is 12.2 Å². The van der Waals surface area contributed by atoms with Crippen LogP contribution >= 0.6 is 0 Å². The quantitative estimate of drug-likeness (QED) is 0.0866. The second-order valence-electron chi connectivity index (χ2n) is 5.81. The van der Waals surface area contributed by atoms with E-state index in [-0.39, 0.29) is 54.3 Å². The monoisotopic (exact) mass is 435 g/mol. The zero-order valence-corrected chi connectivity index (χ0v) is 18.3. The number of rotatable bonds is 9. The van der Waals surface area contributed by atoms with Gasteiger partial charge in [0.15, 0.2) is 0 Å². The number of ether oxygens (including phenoxy) is 1. The minimum atomic E-state index is -4.64. The van der Waals surface area contributed by atoms with Gasteiger partial charge in [0.25, 0.3) is 21.9 Å². The molecule has 1 N–H and O–H groups in total. The number of hydrogen-bond acceptors (Lipinski definition) is 8. The molecule has 0 fully saturated rings. The van der Waals surface area contributed by atoms with Gasteiger partial charge in [-0.05, 0) is 25.0 Å². The van der Waals surface area contributed by atoms with Crippen LogP contribution in [-0.4, -0.2) is 76.7 Å². The van der Waals surface area contributed by atoms with E-state index in [9.17, 15) is 32.9 Å². The molecule has 0 aromatic heterocycles. The van der Waals surface area contributed by atoms with E-state index >= 15 is 0 Å². The van der Waals surface area contributed by atoms with E-state index in [0.29, 0.717) is 25.3 Å². The molecule has 0 unspecified atom stereocenters. The molecule has 0 aliphatic carbocycles. The fraction of sp³-hybridized carbons (Fsp3) is 0.312. The summed E-state index contributed by atoms with van der Waals surface area (Å²) < 4.78 is 36.0. The van der Waals surface area contributed by atoms with Gasteiger partial charge < -0.3 is 4.74 Å². The predicted octanol–water partition coefficient (Wildman–Crippen LogP) is 0.851. The summed E-state index contributed by atoms with van der Waals surface area (Å²) in [6, 6.07) is 2.38. The van der Waals surface area contributed by atoms with E-state index in [1.54, 1.807) is 0 Å². The Kier molecular flexibility index (Phi) is 9.11. The molecule has 1 aromatic rings. The Hall–Kier alpha value is -2.12. The first-order valence-electron chi connectivity index (χ1n) is 8.10. The number of esters is 1. The summed E-state index contributed by atoms with van der Waals surface area (Å²) in [4.78, 5) is 45.1. The molecule has 151 valence electrons. The van der Waals surface area contributed by atoms with Crippen molar-refractivity contribution in [1.82, 2.24) is 4.90 Å². The third kappa shape index (κ3) is 7.01. The second-order valence-corrected chi connectivity index (χ2v) is 7.23. The number of nitro groups is 1. The van der Waals surface area contributed by atoms with Gasteiger partial charge in [-0.1, -0.05) is 6.42 Å². The number of hydrogen-bond donors (Lipinski definition) is 1. The summed E-state index contributed by atoms with van der Waals surface area (Å²) in [7, 11) is -4.64. The summed E-state index contributed by atoms with van der Waals surface area (Å²) in [6.45, 7) is 0.224. The molecule has 1 aliphatic rings. The van der Waals surface area contributed by atoms with Crippen LogP contribution in [0.5, 0.6) is 5.75 Å². The topological polar surface area (TPSA) is 161 Å². The molecule has 29 heavy (non-hydrogen) atoms. The average molecular weight is 435 g/mol. The van der Waals surface area contributed by atoms with Crippen molar-refractivity contribution in [2.75, 3.05) is 6.54 Å². The first kappa shape index (κ1) is 24.9. The number of nitrogens with zero attached hydrogens (tertiary/aromatic N) is 2. The van der Waals surface area contributed by atoms with Crippen LogP contribution in [0.25, 0.3) is 0 Å². The first-order valence-corrected chi connectivity index (χ1v) is 9.54. The first-order chi connectivity index (χ1) is 13.1.